The first kappa shape index (κ1) is 20.8. The van der Waals surface area contributed by atoms with Crippen molar-refractivity contribution >= 4 is 27.8 Å². The van der Waals surface area contributed by atoms with E-state index in [1.807, 2.05) is 4.83 Å². The number of halogens is 3. The average molecular weight is 437 g/mol. The number of hydrazone groups is 1. The van der Waals surface area contributed by atoms with E-state index < -0.39 is 21.7 Å². The van der Waals surface area contributed by atoms with E-state index in [4.69, 9.17) is 16.3 Å². The first-order valence-electron chi connectivity index (χ1n) is 8.31. The highest BCUT2D eigenvalue weighted by Crippen LogP contribution is 2.21. The maximum absolute atomic E-state index is 13.8. The van der Waals surface area contributed by atoms with E-state index in [-0.39, 0.29) is 22.1 Å². The molecular weight excluding hydrogens is 422 g/mol. The van der Waals surface area contributed by atoms with Gasteiger partial charge < -0.3 is 4.74 Å². The van der Waals surface area contributed by atoms with Crippen molar-refractivity contribution in [1.82, 2.24) is 4.83 Å². The van der Waals surface area contributed by atoms with Crippen molar-refractivity contribution in [3.63, 3.8) is 0 Å². The maximum Gasteiger partial charge on any atom is 0.276 e. The van der Waals surface area contributed by atoms with Gasteiger partial charge in [0.15, 0.2) is 0 Å². The van der Waals surface area contributed by atoms with Gasteiger partial charge in [0, 0.05) is 5.56 Å². The second-order valence-electron chi connectivity index (χ2n) is 5.87. The summed E-state index contributed by atoms with van der Waals surface area (Å²) in [5, 5.41) is 3.97. The monoisotopic (exact) mass is 436 g/mol. The molecule has 29 heavy (non-hydrogen) atoms. The molecule has 3 aromatic carbocycles. The summed E-state index contributed by atoms with van der Waals surface area (Å²) in [4.78, 5) is 1.93. The van der Waals surface area contributed by atoms with Gasteiger partial charge in [0.05, 0.1) is 16.1 Å². The number of hydrogen-bond donors (Lipinski definition) is 1. The number of rotatable bonds is 7. The molecule has 0 radical (unpaired) electrons. The van der Waals surface area contributed by atoms with Crippen LogP contribution in [0.5, 0.6) is 5.75 Å². The van der Waals surface area contributed by atoms with Crippen molar-refractivity contribution in [3.8, 4) is 5.75 Å². The Hall–Kier alpha value is -2.97. The Morgan fingerprint density at radius 2 is 1.76 bits per heavy atom. The Kier molecular flexibility index (Phi) is 6.46. The number of benzene rings is 3. The van der Waals surface area contributed by atoms with Crippen molar-refractivity contribution in [2.45, 2.75) is 11.5 Å². The lowest BCUT2D eigenvalue weighted by molar-refractivity contribution is 0.300. The van der Waals surface area contributed by atoms with Gasteiger partial charge in [-0.1, -0.05) is 29.8 Å². The molecule has 5 nitrogen and oxygen atoms in total. The summed E-state index contributed by atoms with van der Waals surface area (Å²) in [6.07, 6.45) is 1.28. The maximum atomic E-state index is 13.8. The van der Waals surface area contributed by atoms with Gasteiger partial charge in [-0.15, -0.1) is 0 Å². The second kappa shape index (κ2) is 9.02. The van der Waals surface area contributed by atoms with Crippen LogP contribution in [0.15, 0.2) is 76.7 Å². The van der Waals surface area contributed by atoms with Crippen LogP contribution in [-0.2, 0) is 16.6 Å². The van der Waals surface area contributed by atoms with Crippen LogP contribution in [0.25, 0.3) is 0 Å². The molecule has 0 heterocycles. The summed E-state index contributed by atoms with van der Waals surface area (Å²) >= 11 is 5.97. The molecule has 0 spiro atoms. The first-order valence-corrected chi connectivity index (χ1v) is 10.2. The Balaban J connectivity index is 1.65. The third-order valence-corrected chi connectivity index (χ3v) is 5.41. The minimum Gasteiger partial charge on any atom is -0.489 e. The Morgan fingerprint density at radius 1 is 1.03 bits per heavy atom. The van der Waals surface area contributed by atoms with Crippen LogP contribution in [0.3, 0.4) is 0 Å². The van der Waals surface area contributed by atoms with E-state index >= 15 is 0 Å². The summed E-state index contributed by atoms with van der Waals surface area (Å²) in [6.45, 7) is -0.0662. The van der Waals surface area contributed by atoms with Gasteiger partial charge in [-0.05, 0) is 54.1 Å². The fourth-order valence-electron chi connectivity index (χ4n) is 2.35. The van der Waals surface area contributed by atoms with Crippen molar-refractivity contribution in [1.29, 1.82) is 0 Å². The van der Waals surface area contributed by atoms with Gasteiger partial charge >= 0.3 is 0 Å². The largest absolute Gasteiger partial charge is 0.489 e. The number of nitrogens with zero attached hydrogens (tertiary/aromatic N) is 1. The first-order chi connectivity index (χ1) is 13.8. The standard InChI is InChI=1S/C20H15ClF2N2O3S/c21-19-5-2-6-20(23)18(19)13-28-16-4-1-3-14(11-16)12-24-25-29(26,27)17-9-7-15(22)8-10-17/h1-12,25H,13H2/b24-12-. The molecule has 0 unspecified atom stereocenters. The summed E-state index contributed by atoms with van der Waals surface area (Å²) in [7, 11) is -3.92. The predicted octanol–water partition coefficient (Wildman–Crippen LogP) is 4.51. The third kappa shape index (κ3) is 5.52. The van der Waals surface area contributed by atoms with Crippen LogP contribution in [-0.4, -0.2) is 14.6 Å². The SMILES string of the molecule is O=S(=O)(N/N=C\c1cccc(OCc2c(F)cccc2Cl)c1)c1ccc(F)cc1. The summed E-state index contributed by atoms with van der Waals surface area (Å²) in [5.41, 5.74) is 0.782. The Labute approximate surface area is 171 Å². The number of ether oxygens (including phenoxy) is 1. The molecule has 0 amide bonds. The minimum atomic E-state index is -3.92. The van der Waals surface area contributed by atoms with Gasteiger partial charge in [0.25, 0.3) is 10.0 Å². The van der Waals surface area contributed by atoms with Crippen LogP contribution in [0.4, 0.5) is 8.78 Å². The van der Waals surface area contributed by atoms with Crippen molar-refractivity contribution in [3.05, 3.63) is 94.5 Å². The number of hydrogen-bond acceptors (Lipinski definition) is 4. The van der Waals surface area contributed by atoms with Crippen LogP contribution in [0.1, 0.15) is 11.1 Å². The molecule has 0 saturated carbocycles. The van der Waals surface area contributed by atoms with Crippen LogP contribution < -0.4 is 9.57 Å². The van der Waals surface area contributed by atoms with Crippen molar-refractivity contribution < 1.29 is 21.9 Å². The van der Waals surface area contributed by atoms with Gasteiger partial charge in [0.2, 0.25) is 0 Å². The van der Waals surface area contributed by atoms with E-state index in [0.717, 1.165) is 24.3 Å². The summed E-state index contributed by atoms with van der Waals surface area (Å²) in [5.74, 6) is -0.582. The fourth-order valence-corrected chi connectivity index (χ4v) is 3.36. The molecule has 0 aliphatic heterocycles. The lowest BCUT2D eigenvalue weighted by atomic mass is 10.2. The highest BCUT2D eigenvalue weighted by Gasteiger charge is 2.12. The fraction of sp³-hybridized carbons (Fsp3) is 0.0500. The van der Waals surface area contributed by atoms with Crippen LogP contribution in [0.2, 0.25) is 5.02 Å². The van der Waals surface area contributed by atoms with E-state index in [1.165, 1.54) is 18.3 Å². The van der Waals surface area contributed by atoms with E-state index in [1.54, 1.807) is 30.3 Å². The van der Waals surface area contributed by atoms with Crippen LogP contribution in [0, 0.1) is 11.6 Å². The van der Waals surface area contributed by atoms with Gasteiger partial charge in [-0.25, -0.2) is 13.6 Å². The molecule has 150 valence electrons. The second-order valence-corrected chi connectivity index (χ2v) is 7.94. The molecule has 1 N–H and O–H groups in total. The molecule has 0 atom stereocenters. The molecule has 0 fully saturated rings. The quantitative estimate of drug-likeness (QED) is 0.437. The lowest BCUT2D eigenvalue weighted by Gasteiger charge is -2.09. The zero-order valence-corrected chi connectivity index (χ0v) is 16.4. The minimum absolute atomic E-state index is 0.0662. The molecular formula is C20H15ClF2N2O3S. The Morgan fingerprint density at radius 3 is 2.48 bits per heavy atom. The van der Waals surface area contributed by atoms with E-state index in [9.17, 15) is 17.2 Å². The van der Waals surface area contributed by atoms with Crippen molar-refractivity contribution in [2.75, 3.05) is 0 Å². The number of nitrogens with one attached hydrogen (secondary N) is 1. The van der Waals surface area contributed by atoms with Gasteiger partial charge in [-0.2, -0.15) is 13.5 Å². The lowest BCUT2D eigenvalue weighted by Crippen LogP contribution is -2.18. The highest BCUT2D eigenvalue weighted by molar-refractivity contribution is 7.89. The summed E-state index contributed by atoms with van der Waals surface area (Å²) in [6, 6.07) is 15.3. The third-order valence-electron chi connectivity index (χ3n) is 3.81. The smallest absolute Gasteiger partial charge is 0.276 e. The van der Waals surface area contributed by atoms with Gasteiger partial charge in [-0.3, -0.25) is 0 Å². The zero-order valence-electron chi connectivity index (χ0n) is 14.8. The normalized spacial score (nSPS) is 11.6. The molecule has 0 aromatic heterocycles. The van der Waals surface area contributed by atoms with Crippen molar-refractivity contribution in [2.24, 2.45) is 5.10 Å². The zero-order chi connectivity index (χ0) is 20.9. The molecule has 0 saturated heterocycles. The highest BCUT2D eigenvalue weighted by atomic mass is 35.5. The topological polar surface area (TPSA) is 67.8 Å². The van der Waals surface area contributed by atoms with Gasteiger partial charge in [0.1, 0.15) is 24.0 Å². The number of sulfonamides is 1. The molecule has 9 heteroatoms. The van der Waals surface area contributed by atoms with Crippen LogP contribution >= 0.6 is 11.6 Å². The predicted molar refractivity (Wildman–Crippen MR) is 106 cm³/mol. The van der Waals surface area contributed by atoms with E-state index in [2.05, 4.69) is 5.10 Å². The summed E-state index contributed by atoms with van der Waals surface area (Å²) < 4.78 is 56.5. The molecule has 3 rings (SSSR count). The molecule has 0 aliphatic rings. The average Bonchev–Trinajstić information content (AvgIpc) is 2.68. The Bertz CT molecular complexity index is 1120. The molecule has 0 aliphatic carbocycles. The molecule has 3 aromatic rings. The van der Waals surface area contributed by atoms with E-state index in [0.29, 0.717) is 11.3 Å². The molecule has 0 bridgehead atoms.